The number of nitrogens with one attached hydrogen (secondary N) is 1. The number of nitrogens with zero attached hydrogens (tertiary/aromatic N) is 1. The standard InChI is InChI=1S/C14H24N2O3S/c1-11-9-13(19-5)10-12(2)14(11)20(17,18)15-7-6-8-16(3)4/h9-10,15H,6-8H2,1-5H3. The second-order valence-electron chi connectivity index (χ2n) is 5.14. The van der Waals surface area contributed by atoms with Crippen molar-refractivity contribution in [1.29, 1.82) is 0 Å². The van der Waals surface area contributed by atoms with Crippen LogP contribution in [0.4, 0.5) is 0 Å². The zero-order chi connectivity index (χ0) is 15.3. The normalized spacial score (nSPS) is 11.9. The lowest BCUT2D eigenvalue weighted by molar-refractivity contribution is 0.400. The molecule has 0 saturated heterocycles. The quantitative estimate of drug-likeness (QED) is 0.776. The average Bonchev–Trinajstić information content (AvgIpc) is 2.33. The summed E-state index contributed by atoms with van der Waals surface area (Å²) < 4.78 is 32.5. The van der Waals surface area contributed by atoms with Gasteiger partial charge in [-0.15, -0.1) is 0 Å². The molecule has 0 saturated carbocycles. The summed E-state index contributed by atoms with van der Waals surface area (Å²) in [4.78, 5) is 2.38. The molecule has 0 aliphatic carbocycles. The van der Waals surface area contributed by atoms with E-state index >= 15 is 0 Å². The van der Waals surface area contributed by atoms with Crippen LogP contribution in [0.5, 0.6) is 5.75 Å². The van der Waals surface area contributed by atoms with Gasteiger partial charge in [-0.05, 0) is 64.2 Å². The van der Waals surface area contributed by atoms with Gasteiger partial charge in [-0.3, -0.25) is 0 Å². The lowest BCUT2D eigenvalue weighted by Gasteiger charge is -2.14. The molecule has 0 fully saturated rings. The van der Waals surface area contributed by atoms with E-state index in [1.807, 2.05) is 19.0 Å². The zero-order valence-electron chi connectivity index (χ0n) is 12.9. The second-order valence-corrected chi connectivity index (χ2v) is 6.85. The monoisotopic (exact) mass is 300 g/mol. The van der Waals surface area contributed by atoms with Gasteiger partial charge in [-0.2, -0.15) is 0 Å². The van der Waals surface area contributed by atoms with Gasteiger partial charge in [0.05, 0.1) is 12.0 Å². The third-order valence-corrected chi connectivity index (χ3v) is 4.78. The van der Waals surface area contributed by atoms with E-state index in [0.717, 1.165) is 13.0 Å². The Labute approximate surface area is 122 Å². The third-order valence-electron chi connectivity index (χ3n) is 3.01. The predicted octanol–water partition coefficient (Wildman–Crippen LogP) is 1.54. The van der Waals surface area contributed by atoms with Crippen molar-refractivity contribution in [3.63, 3.8) is 0 Å². The molecule has 0 amide bonds. The molecule has 0 heterocycles. The molecule has 0 unspecified atom stereocenters. The first-order chi connectivity index (χ1) is 9.27. The van der Waals surface area contributed by atoms with Gasteiger partial charge in [0.25, 0.3) is 0 Å². The summed E-state index contributed by atoms with van der Waals surface area (Å²) in [6.07, 6.45) is 0.778. The minimum Gasteiger partial charge on any atom is -0.497 e. The fraction of sp³-hybridized carbons (Fsp3) is 0.571. The van der Waals surface area contributed by atoms with Crippen LogP contribution in [0.2, 0.25) is 0 Å². The summed E-state index contributed by atoms with van der Waals surface area (Å²) in [6.45, 7) is 4.85. The predicted molar refractivity (Wildman–Crippen MR) is 80.8 cm³/mol. The molecule has 0 radical (unpaired) electrons. The molecule has 114 valence electrons. The van der Waals surface area contributed by atoms with Gasteiger partial charge in [0.1, 0.15) is 5.75 Å². The van der Waals surface area contributed by atoms with Crippen LogP contribution in [0, 0.1) is 13.8 Å². The van der Waals surface area contributed by atoms with Gasteiger partial charge in [-0.1, -0.05) is 0 Å². The van der Waals surface area contributed by atoms with Crippen LogP contribution >= 0.6 is 0 Å². The summed E-state index contributed by atoms with van der Waals surface area (Å²) in [5.74, 6) is 0.673. The first-order valence-corrected chi connectivity index (χ1v) is 8.06. The van der Waals surface area contributed by atoms with E-state index in [-0.39, 0.29) is 0 Å². The van der Waals surface area contributed by atoms with Crippen molar-refractivity contribution in [3.8, 4) is 5.75 Å². The Morgan fingerprint density at radius 3 is 2.20 bits per heavy atom. The summed E-state index contributed by atoms with van der Waals surface area (Å²) >= 11 is 0. The fourth-order valence-corrected chi connectivity index (χ4v) is 3.65. The minimum atomic E-state index is -3.47. The number of rotatable bonds is 7. The van der Waals surface area contributed by atoms with E-state index in [9.17, 15) is 8.42 Å². The summed E-state index contributed by atoms with van der Waals surface area (Å²) in [7, 11) is 2.03. The van der Waals surface area contributed by atoms with Crippen LogP contribution < -0.4 is 9.46 Å². The number of aryl methyl sites for hydroxylation is 2. The molecule has 5 nitrogen and oxygen atoms in total. The first-order valence-electron chi connectivity index (χ1n) is 6.57. The maximum atomic E-state index is 12.4. The lowest BCUT2D eigenvalue weighted by atomic mass is 10.1. The average molecular weight is 300 g/mol. The van der Waals surface area contributed by atoms with Crippen molar-refractivity contribution in [2.45, 2.75) is 25.2 Å². The van der Waals surface area contributed by atoms with E-state index in [1.165, 1.54) is 0 Å². The number of sulfonamides is 1. The summed E-state index contributed by atoms with van der Waals surface area (Å²) in [5, 5.41) is 0. The van der Waals surface area contributed by atoms with Crippen LogP contribution in [0.1, 0.15) is 17.5 Å². The van der Waals surface area contributed by atoms with Crippen LogP contribution in [0.3, 0.4) is 0 Å². The lowest BCUT2D eigenvalue weighted by Crippen LogP contribution is -2.28. The van der Waals surface area contributed by atoms with Gasteiger partial charge in [0.15, 0.2) is 0 Å². The molecule has 6 heteroatoms. The van der Waals surface area contributed by atoms with E-state index in [4.69, 9.17) is 4.74 Å². The van der Waals surface area contributed by atoms with Crippen LogP contribution in [-0.2, 0) is 10.0 Å². The number of ether oxygens (including phenoxy) is 1. The van der Waals surface area contributed by atoms with Gasteiger partial charge < -0.3 is 9.64 Å². The second kappa shape index (κ2) is 7.06. The van der Waals surface area contributed by atoms with E-state index in [0.29, 0.717) is 28.3 Å². The molecule has 0 aliphatic rings. The topological polar surface area (TPSA) is 58.6 Å². The molecule has 0 aromatic heterocycles. The third kappa shape index (κ3) is 4.47. The van der Waals surface area contributed by atoms with Crippen molar-refractivity contribution >= 4 is 10.0 Å². The molecule has 1 aromatic rings. The van der Waals surface area contributed by atoms with E-state index in [2.05, 4.69) is 4.72 Å². The highest BCUT2D eigenvalue weighted by atomic mass is 32.2. The number of hydrogen-bond acceptors (Lipinski definition) is 4. The van der Waals surface area contributed by atoms with Crippen LogP contribution in [0.15, 0.2) is 17.0 Å². The molecule has 1 aromatic carbocycles. The highest BCUT2D eigenvalue weighted by molar-refractivity contribution is 7.89. The van der Waals surface area contributed by atoms with Crippen LogP contribution in [0.25, 0.3) is 0 Å². The Morgan fingerprint density at radius 2 is 1.75 bits per heavy atom. The number of hydrogen-bond donors (Lipinski definition) is 1. The Balaban J connectivity index is 2.87. The largest absolute Gasteiger partial charge is 0.497 e. The molecule has 1 N–H and O–H groups in total. The molecular weight excluding hydrogens is 276 g/mol. The Kier molecular flexibility index (Phi) is 5.98. The zero-order valence-corrected chi connectivity index (χ0v) is 13.7. The Morgan fingerprint density at radius 1 is 1.20 bits per heavy atom. The smallest absolute Gasteiger partial charge is 0.241 e. The van der Waals surface area contributed by atoms with E-state index in [1.54, 1.807) is 33.1 Å². The molecular formula is C14H24N2O3S. The Bertz CT molecular complexity index is 531. The van der Waals surface area contributed by atoms with Gasteiger partial charge in [0.2, 0.25) is 10.0 Å². The maximum Gasteiger partial charge on any atom is 0.241 e. The van der Waals surface area contributed by atoms with Crippen molar-refractivity contribution in [2.75, 3.05) is 34.3 Å². The Hall–Kier alpha value is -1.11. The van der Waals surface area contributed by atoms with Gasteiger partial charge in [0, 0.05) is 6.54 Å². The molecule has 0 spiro atoms. The molecule has 1 rings (SSSR count). The van der Waals surface area contributed by atoms with Gasteiger partial charge in [-0.25, -0.2) is 13.1 Å². The molecule has 0 bridgehead atoms. The number of methoxy groups -OCH3 is 1. The minimum absolute atomic E-state index is 0.350. The fourth-order valence-electron chi connectivity index (χ4n) is 2.13. The van der Waals surface area contributed by atoms with Crippen molar-refractivity contribution in [3.05, 3.63) is 23.3 Å². The summed E-state index contributed by atoms with van der Waals surface area (Å²) in [6, 6.07) is 3.47. The van der Waals surface area contributed by atoms with Crippen molar-refractivity contribution in [1.82, 2.24) is 9.62 Å². The molecule has 20 heavy (non-hydrogen) atoms. The molecule has 0 atom stereocenters. The highest BCUT2D eigenvalue weighted by Gasteiger charge is 2.19. The maximum absolute atomic E-state index is 12.4. The van der Waals surface area contributed by atoms with Crippen molar-refractivity contribution < 1.29 is 13.2 Å². The molecule has 0 aliphatic heterocycles. The highest BCUT2D eigenvalue weighted by Crippen LogP contribution is 2.25. The van der Waals surface area contributed by atoms with Gasteiger partial charge >= 0.3 is 0 Å². The van der Waals surface area contributed by atoms with E-state index < -0.39 is 10.0 Å². The number of benzene rings is 1. The first kappa shape index (κ1) is 16.9. The SMILES string of the molecule is COc1cc(C)c(S(=O)(=O)NCCCN(C)C)c(C)c1. The van der Waals surface area contributed by atoms with Crippen LogP contribution in [-0.4, -0.2) is 47.6 Å². The van der Waals surface area contributed by atoms with Crippen molar-refractivity contribution in [2.24, 2.45) is 0 Å². The summed E-state index contributed by atoms with van der Waals surface area (Å²) in [5.41, 5.74) is 1.39.